The lowest BCUT2D eigenvalue weighted by Crippen LogP contribution is -2.09. The number of nitrogens with two attached hydrogens (primary N) is 1. The van der Waals surface area contributed by atoms with Crippen molar-refractivity contribution in [1.29, 1.82) is 0 Å². The van der Waals surface area contributed by atoms with Crippen LogP contribution in [-0.2, 0) is 16.3 Å². The number of aromatic nitrogens is 1. The third-order valence-corrected chi connectivity index (χ3v) is 4.66. The lowest BCUT2D eigenvalue weighted by atomic mass is 10.1. The summed E-state index contributed by atoms with van der Waals surface area (Å²) in [4.78, 5) is 4.23. The highest BCUT2D eigenvalue weighted by atomic mass is 32.2. The van der Waals surface area contributed by atoms with E-state index in [1.54, 1.807) is 6.26 Å². The predicted molar refractivity (Wildman–Crippen MR) is 59.6 cm³/mol. The van der Waals surface area contributed by atoms with Crippen molar-refractivity contribution in [3.05, 3.63) is 17.8 Å². The standard InChI is InChI=1S/C10H16N2O3S/c1-7(11)9-5-15-10(12-9)4-8-2-3-16(13,14)6-8/h5,7-8H,2-4,6,11H2,1H3. The zero-order valence-corrected chi connectivity index (χ0v) is 10.0. The number of rotatable bonds is 3. The van der Waals surface area contributed by atoms with E-state index >= 15 is 0 Å². The molecule has 2 rings (SSSR count). The van der Waals surface area contributed by atoms with Gasteiger partial charge in [0.05, 0.1) is 17.2 Å². The van der Waals surface area contributed by atoms with E-state index in [0.717, 1.165) is 5.69 Å². The Kier molecular flexibility index (Phi) is 3.03. The van der Waals surface area contributed by atoms with Gasteiger partial charge in [0, 0.05) is 12.5 Å². The Balaban J connectivity index is 2.00. The van der Waals surface area contributed by atoms with Crippen LogP contribution >= 0.6 is 0 Å². The number of hydrogen-bond acceptors (Lipinski definition) is 5. The molecule has 1 aliphatic rings. The molecule has 90 valence electrons. The molecular weight excluding hydrogens is 228 g/mol. The minimum atomic E-state index is -2.82. The first-order valence-corrected chi connectivity index (χ1v) is 7.19. The van der Waals surface area contributed by atoms with Gasteiger partial charge in [-0.25, -0.2) is 13.4 Å². The largest absolute Gasteiger partial charge is 0.449 e. The minimum absolute atomic E-state index is 0.143. The number of sulfone groups is 1. The number of oxazole rings is 1. The Morgan fingerprint density at radius 2 is 2.44 bits per heavy atom. The third kappa shape index (κ3) is 2.62. The first-order chi connectivity index (χ1) is 7.46. The van der Waals surface area contributed by atoms with E-state index in [9.17, 15) is 8.42 Å². The van der Waals surface area contributed by atoms with Crippen LogP contribution in [0.25, 0.3) is 0 Å². The molecule has 16 heavy (non-hydrogen) atoms. The maximum absolute atomic E-state index is 11.3. The van der Waals surface area contributed by atoms with Gasteiger partial charge in [-0.15, -0.1) is 0 Å². The Morgan fingerprint density at radius 1 is 1.69 bits per heavy atom. The summed E-state index contributed by atoms with van der Waals surface area (Å²) < 4.78 is 27.8. The average molecular weight is 244 g/mol. The Morgan fingerprint density at radius 3 is 2.94 bits per heavy atom. The summed E-state index contributed by atoms with van der Waals surface area (Å²) >= 11 is 0. The van der Waals surface area contributed by atoms with Gasteiger partial charge < -0.3 is 10.2 Å². The van der Waals surface area contributed by atoms with E-state index in [-0.39, 0.29) is 17.7 Å². The lowest BCUT2D eigenvalue weighted by Gasteiger charge is -2.02. The molecule has 1 saturated heterocycles. The SMILES string of the molecule is CC(N)c1coc(CC2CCS(=O)(=O)C2)n1. The summed E-state index contributed by atoms with van der Waals surface area (Å²) in [5, 5.41) is 0. The van der Waals surface area contributed by atoms with Crippen molar-refractivity contribution in [2.24, 2.45) is 11.7 Å². The highest BCUT2D eigenvalue weighted by molar-refractivity contribution is 7.91. The van der Waals surface area contributed by atoms with Crippen LogP contribution < -0.4 is 5.73 Å². The fraction of sp³-hybridized carbons (Fsp3) is 0.700. The van der Waals surface area contributed by atoms with Crippen LogP contribution in [0, 0.1) is 5.92 Å². The van der Waals surface area contributed by atoms with Crippen LogP contribution in [0.4, 0.5) is 0 Å². The normalized spacial score (nSPS) is 25.8. The zero-order valence-electron chi connectivity index (χ0n) is 9.22. The van der Waals surface area contributed by atoms with Gasteiger partial charge in [0.25, 0.3) is 0 Å². The van der Waals surface area contributed by atoms with Crippen molar-refractivity contribution in [2.45, 2.75) is 25.8 Å². The van der Waals surface area contributed by atoms with Crippen LogP contribution in [0.2, 0.25) is 0 Å². The highest BCUT2D eigenvalue weighted by Gasteiger charge is 2.29. The molecule has 0 aliphatic carbocycles. The number of nitrogens with zero attached hydrogens (tertiary/aromatic N) is 1. The van der Waals surface area contributed by atoms with E-state index in [4.69, 9.17) is 10.2 Å². The second-order valence-corrected chi connectivity index (χ2v) is 6.66. The topological polar surface area (TPSA) is 86.2 Å². The van der Waals surface area contributed by atoms with E-state index < -0.39 is 9.84 Å². The minimum Gasteiger partial charge on any atom is -0.449 e. The molecule has 6 heteroatoms. The second kappa shape index (κ2) is 4.18. The number of hydrogen-bond donors (Lipinski definition) is 1. The average Bonchev–Trinajstić information content (AvgIpc) is 2.73. The van der Waals surface area contributed by atoms with Crippen LogP contribution in [0.1, 0.15) is 31.0 Å². The van der Waals surface area contributed by atoms with E-state index in [0.29, 0.717) is 24.5 Å². The molecule has 5 nitrogen and oxygen atoms in total. The van der Waals surface area contributed by atoms with Gasteiger partial charge in [-0.1, -0.05) is 0 Å². The van der Waals surface area contributed by atoms with Crippen molar-refractivity contribution in [1.82, 2.24) is 4.98 Å². The lowest BCUT2D eigenvalue weighted by molar-refractivity contribution is 0.446. The molecule has 1 aliphatic heterocycles. The molecule has 2 unspecified atom stereocenters. The summed E-state index contributed by atoms with van der Waals surface area (Å²) in [5.41, 5.74) is 6.38. The molecular formula is C10H16N2O3S. The third-order valence-electron chi connectivity index (χ3n) is 2.83. The molecule has 0 radical (unpaired) electrons. The van der Waals surface area contributed by atoms with E-state index in [1.807, 2.05) is 6.92 Å². The molecule has 0 bridgehead atoms. The van der Waals surface area contributed by atoms with Gasteiger partial charge in [-0.2, -0.15) is 0 Å². The van der Waals surface area contributed by atoms with Crippen molar-refractivity contribution < 1.29 is 12.8 Å². The van der Waals surface area contributed by atoms with Crippen LogP contribution in [0.5, 0.6) is 0 Å². The van der Waals surface area contributed by atoms with Gasteiger partial charge in [0.1, 0.15) is 6.26 Å². The molecule has 0 spiro atoms. The first-order valence-electron chi connectivity index (χ1n) is 5.36. The maximum atomic E-state index is 11.3. The second-order valence-electron chi connectivity index (χ2n) is 4.43. The monoisotopic (exact) mass is 244 g/mol. The molecule has 1 fully saturated rings. The predicted octanol–water partition coefficient (Wildman–Crippen LogP) is 0.672. The summed E-state index contributed by atoms with van der Waals surface area (Å²) in [6, 6.07) is -0.148. The Labute approximate surface area is 95.0 Å². The molecule has 0 aromatic carbocycles. The van der Waals surface area contributed by atoms with Gasteiger partial charge in [-0.3, -0.25) is 0 Å². The Bertz CT molecular complexity index is 464. The van der Waals surface area contributed by atoms with Crippen molar-refractivity contribution >= 4 is 9.84 Å². The van der Waals surface area contributed by atoms with Gasteiger partial charge in [-0.05, 0) is 19.3 Å². The van der Waals surface area contributed by atoms with Crippen molar-refractivity contribution in [3.8, 4) is 0 Å². The quantitative estimate of drug-likeness (QED) is 0.844. The van der Waals surface area contributed by atoms with Crippen LogP contribution in [0.15, 0.2) is 10.7 Å². The van der Waals surface area contributed by atoms with Crippen LogP contribution in [0.3, 0.4) is 0 Å². The summed E-state index contributed by atoms with van der Waals surface area (Å²) in [6.45, 7) is 1.83. The van der Waals surface area contributed by atoms with E-state index in [2.05, 4.69) is 4.98 Å². The summed E-state index contributed by atoms with van der Waals surface area (Å²) in [7, 11) is -2.82. The van der Waals surface area contributed by atoms with Gasteiger partial charge >= 0.3 is 0 Å². The molecule has 0 saturated carbocycles. The van der Waals surface area contributed by atoms with Crippen molar-refractivity contribution in [3.63, 3.8) is 0 Å². The van der Waals surface area contributed by atoms with Gasteiger partial charge in [0.2, 0.25) is 0 Å². The smallest absolute Gasteiger partial charge is 0.194 e. The molecule has 2 heterocycles. The maximum Gasteiger partial charge on any atom is 0.194 e. The summed E-state index contributed by atoms with van der Waals surface area (Å²) in [5.74, 6) is 1.28. The Hall–Kier alpha value is -0.880. The fourth-order valence-corrected chi connectivity index (χ4v) is 3.77. The molecule has 2 N–H and O–H groups in total. The zero-order chi connectivity index (χ0) is 11.8. The summed E-state index contributed by atoms with van der Waals surface area (Å²) in [6.07, 6.45) is 2.84. The fourth-order valence-electron chi connectivity index (χ4n) is 1.91. The van der Waals surface area contributed by atoms with E-state index in [1.165, 1.54) is 0 Å². The molecule has 1 aromatic heterocycles. The highest BCUT2D eigenvalue weighted by Crippen LogP contribution is 2.22. The van der Waals surface area contributed by atoms with Gasteiger partial charge in [0.15, 0.2) is 15.7 Å². The van der Waals surface area contributed by atoms with Crippen LogP contribution in [-0.4, -0.2) is 24.9 Å². The molecule has 0 amide bonds. The van der Waals surface area contributed by atoms with Crippen molar-refractivity contribution in [2.75, 3.05) is 11.5 Å². The molecule has 1 aromatic rings. The first kappa shape index (κ1) is 11.6. The molecule has 2 atom stereocenters.